The van der Waals surface area contributed by atoms with Crippen LogP contribution in [0.15, 0.2) is 28.0 Å². The quantitative estimate of drug-likeness (QED) is 0.533. The average molecular weight is 154 g/mol. The second-order valence-corrected chi connectivity index (χ2v) is 4.26. The third kappa shape index (κ3) is 0.508. The van der Waals surface area contributed by atoms with Crippen molar-refractivity contribution < 1.29 is 8.42 Å². The molecule has 0 unspecified atom stereocenters. The van der Waals surface area contributed by atoms with Crippen LogP contribution in [0.1, 0.15) is 5.56 Å². The van der Waals surface area contributed by atoms with Crippen molar-refractivity contribution in [3.63, 3.8) is 0 Å². The Kier molecular flexibility index (Phi) is 0.843. The highest BCUT2D eigenvalue weighted by atomic mass is 32.2. The fraction of sp³-hybridized carbons (Fsp3) is 0.143. The number of hydrogen-bond donors (Lipinski definition) is 0. The molecule has 2 nitrogen and oxygen atoms in total. The van der Waals surface area contributed by atoms with E-state index >= 15 is 0 Å². The first kappa shape index (κ1) is 5.92. The Balaban J connectivity index is 2.86. The van der Waals surface area contributed by atoms with Gasteiger partial charge in [-0.15, -0.1) is 0 Å². The van der Waals surface area contributed by atoms with E-state index in [-0.39, 0.29) is 0 Å². The van der Waals surface area contributed by atoms with Gasteiger partial charge < -0.3 is 0 Å². The second-order valence-electron chi connectivity index (χ2n) is 2.41. The molecule has 52 valence electrons. The third-order valence-electron chi connectivity index (χ3n) is 1.69. The molecule has 3 heteroatoms. The summed E-state index contributed by atoms with van der Waals surface area (Å²) in [5.41, 5.74) is 0.859. The van der Waals surface area contributed by atoms with Crippen molar-refractivity contribution in [3.05, 3.63) is 23.8 Å². The molecule has 0 saturated carbocycles. The summed E-state index contributed by atoms with van der Waals surface area (Å²) in [5.74, 6) is 0. The predicted molar refractivity (Wildman–Crippen MR) is 36.6 cm³/mol. The van der Waals surface area contributed by atoms with Gasteiger partial charge in [-0.05, 0) is 18.6 Å². The normalized spacial score (nSPS) is 18.1. The lowest BCUT2D eigenvalue weighted by atomic mass is 10.2. The number of sulfone groups is 1. The van der Waals surface area contributed by atoms with E-state index in [0.29, 0.717) is 9.79 Å². The Morgan fingerprint density at radius 3 is 2.50 bits per heavy atom. The lowest BCUT2D eigenvalue weighted by Gasteiger charge is -1.79. The van der Waals surface area contributed by atoms with Crippen LogP contribution in [0.5, 0.6) is 0 Å². The van der Waals surface area contributed by atoms with Gasteiger partial charge in [-0.3, -0.25) is 0 Å². The SMILES string of the molecule is Cc1cccc2c1S2(=O)=O. The highest BCUT2D eigenvalue weighted by molar-refractivity contribution is 7.97. The monoisotopic (exact) mass is 154 g/mol. The van der Waals surface area contributed by atoms with Gasteiger partial charge in [-0.1, -0.05) is 12.1 Å². The van der Waals surface area contributed by atoms with Crippen LogP contribution in [0.4, 0.5) is 0 Å². The summed E-state index contributed by atoms with van der Waals surface area (Å²) >= 11 is 0. The van der Waals surface area contributed by atoms with E-state index in [2.05, 4.69) is 0 Å². The largest absolute Gasteiger partial charge is 0.218 e. The van der Waals surface area contributed by atoms with Gasteiger partial charge in [0.2, 0.25) is 9.84 Å². The van der Waals surface area contributed by atoms with Crippen molar-refractivity contribution in [1.29, 1.82) is 0 Å². The number of fused-ring (bicyclic) bond motifs is 1. The lowest BCUT2D eigenvalue weighted by molar-refractivity contribution is 0.612. The molecule has 0 fully saturated rings. The van der Waals surface area contributed by atoms with E-state index in [9.17, 15) is 8.42 Å². The van der Waals surface area contributed by atoms with E-state index in [4.69, 9.17) is 0 Å². The second kappa shape index (κ2) is 1.42. The van der Waals surface area contributed by atoms with Crippen LogP contribution >= 0.6 is 0 Å². The van der Waals surface area contributed by atoms with Crippen LogP contribution in [-0.4, -0.2) is 8.42 Å². The Bertz CT molecular complexity index is 390. The molecule has 0 radical (unpaired) electrons. The number of hydrogen-bond acceptors (Lipinski definition) is 2. The number of benzene rings is 1. The molecule has 0 aromatic heterocycles. The van der Waals surface area contributed by atoms with Crippen molar-refractivity contribution in [3.8, 4) is 0 Å². The fourth-order valence-electron chi connectivity index (χ4n) is 1.14. The highest BCUT2D eigenvalue weighted by Gasteiger charge is 2.40. The van der Waals surface area contributed by atoms with Crippen LogP contribution in [0.2, 0.25) is 0 Å². The van der Waals surface area contributed by atoms with Crippen molar-refractivity contribution in [1.82, 2.24) is 0 Å². The zero-order chi connectivity index (χ0) is 7.35. The first-order valence-electron chi connectivity index (χ1n) is 2.99. The Morgan fingerprint density at radius 2 is 2.00 bits per heavy atom. The summed E-state index contributed by atoms with van der Waals surface area (Å²) in [4.78, 5) is 1.04. The van der Waals surface area contributed by atoms with Gasteiger partial charge in [-0.25, -0.2) is 8.42 Å². The van der Waals surface area contributed by atoms with Crippen LogP contribution in [0, 0.1) is 6.92 Å². The summed E-state index contributed by atoms with van der Waals surface area (Å²) in [7, 11) is -2.91. The van der Waals surface area contributed by atoms with Crippen LogP contribution in [-0.2, 0) is 9.84 Å². The van der Waals surface area contributed by atoms with E-state index in [0.717, 1.165) is 5.56 Å². The summed E-state index contributed by atoms with van der Waals surface area (Å²) in [6.07, 6.45) is 0. The molecule has 2 rings (SSSR count). The van der Waals surface area contributed by atoms with E-state index in [1.807, 2.05) is 13.0 Å². The smallest absolute Gasteiger partial charge is 0.209 e. The lowest BCUT2D eigenvalue weighted by Crippen LogP contribution is -1.70. The minimum absolute atomic E-state index is 0.507. The van der Waals surface area contributed by atoms with E-state index in [1.54, 1.807) is 12.1 Å². The van der Waals surface area contributed by atoms with Crippen molar-refractivity contribution in [2.45, 2.75) is 16.7 Å². The molecule has 0 aliphatic carbocycles. The van der Waals surface area contributed by atoms with Gasteiger partial charge >= 0.3 is 0 Å². The van der Waals surface area contributed by atoms with E-state index in [1.165, 1.54) is 0 Å². The molecule has 1 aromatic carbocycles. The molecular weight excluding hydrogens is 148 g/mol. The minimum atomic E-state index is -2.91. The first-order chi connectivity index (χ1) is 4.64. The molecule has 0 amide bonds. The Morgan fingerprint density at radius 1 is 1.30 bits per heavy atom. The molecule has 0 spiro atoms. The van der Waals surface area contributed by atoms with Gasteiger partial charge in [0.25, 0.3) is 0 Å². The average Bonchev–Trinajstić information content (AvgIpc) is 2.38. The van der Waals surface area contributed by atoms with E-state index < -0.39 is 9.84 Å². The highest BCUT2D eigenvalue weighted by Crippen LogP contribution is 2.41. The molecule has 10 heavy (non-hydrogen) atoms. The topological polar surface area (TPSA) is 34.1 Å². The van der Waals surface area contributed by atoms with Gasteiger partial charge in [0.1, 0.15) is 0 Å². The maximum absolute atomic E-state index is 11.0. The molecule has 1 aliphatic heterocycles. The molecule has 0 atom stereocenters. The molecule has 0 N–H and O–H groups in total. The number of aryl methyl sites for hydroxylation is 1. The van der Waals surface area contributed by atoms with Crippen molar-refractivity contribution in [2.75, 3.05) is 0 Å². The molecular formula is C7H6O2S. The van der Waals surface area contributed by atoms with Gasteiger partial charge in [0, 0.05) is 0 Å². The fourth-order valence-corrected chi connectivity index (χ4v) is 2.73. The standard InChI is InChI=1S/C7H6O2S/c1-5-3-2-4-6-7(5)10(6,8)9/h2-4H,1H3. The van der Waals surface area contributed by atoms with Crippen molar-refractivity contribution in [2.24, 2.45) is 0 Å². The third-order valence-corrected chi connectivity index (χ3v) is 3.49. The summed E-state index contributed by atoms with van der Waals surface area (Å²) < 4.78 is 21.9. The van der Waals surface area contributed by atoms with Crippen LogP contribution < -0.4 is 0 Å². The van der Waals surface area contributed by atoms with Crippen LogP contribution in [0.3, 0.4) is 0 Å². The van der Waals surface area contributed by atoms with Crippen LogP contribution in [0.25, 0.3) is 0 Å². The maximum Gasteiger partial charge on any atom is 0.209 e. The molecule has 1 aliphatic rings. The minimum Gasteiger partial charge on any atom is -0.218 e. The Hall–Kier alpha value is -0.830. The predicted octanol–water partition coefficient (Wildman–Crippen LogP) is 1.14. The first-order valence-corrected chi connectivity index (χ1v) is 4.47. The zero-order valence-corrected chi connectivity index (χ0v) is 6.27. The summed E-state index contributed by atoms with van der Waals surface area (Å²) in [6, 6.07) is 5.21. The van der Waals surface area contributed by atoms with Gasteiger partial charge in [0.05, 0.1) is 9.79 Å². The molecule has 0 bridgehead atoms. The zero-order valence-electron chi connectivity index (χ0n) is 5.46. The summed E-state index contributed by atoms with van der Waals surface area (Å²) in [6.45, 7) is 1.81. The number of rotatable bonds is 0. The molecule has 0 saturated heterocycles. The van der Waals surface area contributed by atoms with Crippen molar-refractivity contribution >= 4 is 9.84 Å². The Labute approximate surface area is 59.4 Å². The maximum atomic E-state index is 11.0. The summed E-state index contributed by atoms with van der Waals surface area (Å²) in [5, 5.41) is 0. The van der Waals surface area contributed by atoms with Gasteiger partial charge in [-0.2, -0.15) is 0 Å². The van der Waals surface area contributed by atoms with Gasteiger partial charge in [0.15, 0.2) is 0 Å². The molecule has 1 aromatic rings. The molecule has 1 heterocycles.